The molecule has 1 aliphatic rings. The fraction of sp³-hybridized carbons (Fsp3) is 0.222. The summed E-state index contributed by atoms with van der Waals surface area (Å²) in [6.07, 6.45) is 0.720. The monoisotopic (exact) mass is 467 g/mol. The molecule has 0 aromatic carbocycles. The van der Waals surface area contributed by atoms with Crippen LogP contribution in [-0.4, -0.2) is 49.2 Å². The summed E-state index contributed by atoms with van der Waals surface area (Å²) in [7, 11) is 0. The summed E-state index contributed by atoms with van der Waals surface area (Å²) in [6.45, 7) is 0. The number of hydrogen-bond donors (Lipinski definition) is 3. The van der Waals surface area contributed by atoms with Crippen molar-refractivity contribution in [2.24, 2.45) is 0 Å². The average molecular weight is 468 g/mol. The Hall–Kier alpha value is -3.92. The van der Waals surface area contributed by atoms with E-state index in [1.54, 1.807) is 10.6 Å². The number of nitrogens with one attached hydrogen (secondary N) is 2. The van der Waals surface area contributed by atoms with Crippen molar-refractivity contribution in [3.63, 3.8) is 0 Å². The van der Waals surface area contributed by atoms with E-state index in [0.717, 1.165) is 18.7 Å². The van der Waals surface area contributed by atoms with Crippen molar-refractivity contribution in [1.82, 2.24) is 19.6 Å². The molecule has 0 saturated heterocycles. The Kier molecular flexibility index (Phi) is 6.45. The number of aldehydes is 1. The van der Waals surface area contributed by atoms with Gasteiger partial charge in [0.2, 0.25) is 0 Å². The van der Waals surface area contributed by atoms with Gasteiger partial charge >= 0.3 is 12.1 Å². The molecule has 0 unspecified atom stereocenters. The number of pyridine rings is 1. The van der Waals surface area contributed by atoms with Gasteiger partial charge in [0.1, 0.15) is 23.5 Å². The zero-order valence-corrected chi connectivity index (χ0v) is 16.6. The molecule has 3 N–H and O–H groups in total. The van der Waals surface area contributed by atoms with E-state index in [1.165, 1.54) is 18.5 Å². The second-order valence-electron chi connectivity index (χ2n) is 6.49. The maximum Gasteiger partial charge on any atom is 0.490 e. The van der Waals surface area contributed by atoms with Crippen molar-refractivity contribution in [3.05, 3.63) is 40.7 Å². The van der Waals surface area contributed by atoms with Gasteiger partial charge in [0.05, 0.1) is 22.3 Å². The van der Waals surface area contributed by atoms with Gasteiger partial charge in [0.25, 0.3) is 0 Å². The fourth-order valence-corrected chi connectivity index (χ4v) is 2.59. The first kappa shape index (κ1) is 22.8. The summed E-state index contributed by atoms with van der Waals surface area (Å²) >= 11 is 6.15. The number of halogens is 4. The van der Waals surface area contributed by atoms with Crippen LogP contribution in [0.4, 0.5) is 30.6 Å². The van der Waals surface area contributed by atoms with Crippen LogP contribution in [0, 0.1) is 11.3 Å². The molecule has 0 spiro atoms. The molecule has 3 aromatic heterocycles. The largest absolute Gasteiger partial charge is 0.490 e. The molecule has 1 fully saturated rings. The molecule has 10 nitrogen and oxygen atoms in total. The summed E-state index contributed by atoms with van der Waals surface area (Å²) in [5, 5.41) is 26.9. The molecule has 4 rings (SSSR count). The smallest absolute Gasteiger partial charge is 0.475 e. The van der Waals surface area contributed by atoms with E-state index in [0.29, 0.717) is 45.8 Å². The third kappa shape index (κ3) is 5.41. The molecule has 14 heteroatoms. The van der Waals surface area contributed by atoms with E-state index in [9.17, 15) is 18.0 Å². The van der Waals surface area contributed by atoms with Crippen molar-refractivity contribution in [1.29, 1.82) is 5.26 Å². The number of nitrogens with zero attached hydrogens (tertiary/aromatic N) is 5. The van der Waals surface area contributed by atoms with Crippen LogP contribution < -0.4 is 10.6 Å². The number of anilines is 3. The lowest BCUT2D eigenvalue weighted by atomic mass is 10.3. The molecule has 3 aromatic rings. The number of alkyl halides is 3. The number of nitriles is 1. The van der Waals surface area contributed by atoms with E-state index in [4.69, 9.17) is 26.8 Å². The molecule has 0 bridgehead atoms. The number of carboxylic acid groups (broad SMARTS) is 1. The van der Waals surface area contributed by atoms with E-state index in [1.807, 2.05) is 6.07 Å². The zero-order valence-electron chi connectivity index (χ0n) is 15.9. The van der Waals surface area contributed by atoms with Gasteiger partial charge in [0, 0.05) is 18.3 Å². The highest BCUT2D eigenvalue weighted by Gasteiger charge is 2.38. The van der Waals surface area contributed by atoms with Gasteiger partial charge in [-0.3, -0.25) is 4.79 Å². The highest BCUT2D eigenvalue weighted by molar-refractivity contribution is 6.33. The minimum absolute atomic E-state index is 0.307. The number of aliphatic carboxylic acids is 1. The number of aromatic nitrogens is 4. The van der Waals surface area contributed by atoms with E-state index in [2.05, 4.69) is 25.7 Å². The van der Waals surface area contributed by atoms with Gasteiger partial charge in [0.15, 0.2) is 11.9 Å². The molecule has 1 aliphatic carbocycles. The molecular formula is C18H13ClF3N7O3. The molecule has 32 heavy (non-hydrogen) atoms. The first-order chi connectivity index (χ1) is 15.1. The molecule has 0 atom stereocenters. The van der Waals surface area contributed by atoms with Crippen molar-refractivity contribution < 1.29 is 27.9 Å². The number of hydrogen-bond acceptors (Lipinski definition) is 8. The molecule has 3 heterocycles. The van der Waals surface area contributed by atoms with Crippen LogP contribution in [0.15, 0.2) is 24.5 Å². The number of fused-ring (bicyclic) bond motifs is 1. The molecular weight excluding hydrogens is 455 g/mol. The van der Waals surface area contributed by atoms with Crippen molar-refractivity contribution in [2.45, 2.75) is 25.1 Å². The van der Waals surface area contributed by atoms with Gasteiger partial charge in [-0.2, -0.15) is 28.0 Å². The summed E-state index contributed by atoms with van der Waals surface area (Å²) in [6, 6.07) is 5.69. The Labute approximate surface area is 182 Å². The Balaban J connectivity index is 0.000000360. The van der Waals surface area contributed by atoms with Crippen LogP contribution in [-0.2, 0) is 4.79 Å². The van der Waals surface area contributed by atoms with Gasteiger partial charge in [-0.15, -0.1) is 0 Å². The van der Waals surface area contributed by atoms with Gasteiger partial charge in [-0.25, -0.2) is 14.8 Å². The summed E-state index contributed by atoms with van der Waals surface area (Å²) < 4.78 is 33.3. The van der Waals surface area contributed by atoms with Crippen LogP contribution in [0.5, 0.6) is 0 Å². The highest BCUT2D eigenvalue weighted by atomic mass is 35.5. The molecule has 0 radical (unpaired) electrons. The van der Waals surface area contributed by atoms with Gasteiger partial charge < -0.3 is 15.7 Å². The first-order valence-electron chi connectivity index (χ1n) is 8.85. The molecule has 166 valence electrons. The topological polar surface area (TPSA) is 145 Å². The van der Waals surface area contributed by atoms with Crippen molar-refractivity contribution in [2.75, 3.05) is 10.6 Å². The van der Waals surface area contributed by atoms with E-state index in [-0.39, 0.29) is 0 Å². The minimum Gasteiger partial charge on any atom is -0.475 e. The lowest BCUT2D eigenvalue weighted by Gasteiger charge is -2.11. The Bertz CT molecular complexity index is 1220. The average Bonchev–Trinajstić information content (AvgIpc) is 3.45. The lowest BCUT2D eigenvalue weighted by Crippen LogP contribution is -2.21. The van der Waals surface area contributed by atoms with Crippen molar-refractivity contribution in [3.8, 4) is 6.07 Å². The summed E-state index contributed by atoms with van der Waals surface area (Å²) in [4.78, 5) is 28.7. The standard InChI is InChI=1S/C16H12ClN7O.C2HF3O2/c17-12-3-9(5-18)6-19-15(12)22-13-4-14(21-11-1-2-11)24-16(23-13)10(8-25)7-20-24;3-2(4,5)1(6)7/h3-4,6-8,11,21H,1-2H2,(H,19,22,23);(H,6,7). The third-order valence-electron chi connectivity index (χ3n) is 4.01. The second-order valence-corrected chi connectivity index (χ2v) is 6.90. The number of carbonyl (C=O) groups is 2. The SMILES string of the molecule is N#Cc1cnc(Nc2cc(NC3CC3)n3ncc(C=O)c3n2)c(Cl)c1.O=C(O)C(F)(F)F. The van der Waals surface area contributed by atoms with Crippen LogP contribution in [0.3, 0.4) is 0 Å². The predicted octanol–water partition coefficient (Wildman–Crippen LogP) is 3.41. The number of carbonyl (C=O) groups excluding carboxylic acids is 1. The Morgan fingerprint density at radius 2 is 2.03 bits per heavy atom. The lowest BCUT2D eigenvalue weighted by molar-refractivity contribution is -0.192. The molecule has 0 aliphatic heterocycles. The second kappa shape index (κ2) is 9.06. The van der Waals surface area contributed by atoms with Crippen LogP contribution in [0.1, 0.15) is 28.8 Å². The highest BCUT2D eigenvalue weighted by Crippen LogP contribution is 2.29. The third-order valence-corrected chi connectivity index (χ3v) is 4.30. The maximum atomic E-state index is 11.2. The van der Waals surface area contributed by atoms with Crippen molar-refractivity contribution >= 4 is 47.0 Å². The maximum absolute atomic E-state index is 11.2. The zero-order chi connectivity index (χ0) is 23.5. The van der Waals surface area contributed by atoms with Crippen LogP contribution >= 0.6 is 11.6 Å². The number of carboxylic acids is 1. The minimum atomic E-state index is -5.08. The quantitative estimate of drug-likeness (QED) is 0.480. The Morgan fingerprint density at radius 1 is 1.34 bits per heavy atom. The summed E-state index contributed by atoms with van der Waals surface area (Å²) in [5.41, 5.74) is 1.20. The first-order valence-corrected chi connectivity index (χ1v) is 9.23. The fourth-order valence-electron chi connectivity index (χ4n) is 2.38. The normalized spacial score (nSPS) is 13.0. The molecule has 0 amide bonds. The van der Waals surface area contributed by atoms with Crippen LogP contribution in [0.25, 0.3) is 5.65 Å². The predicted molar refractivity (Wildman–Crippen MR) is 106 cm³/mol. The summed E-state index contributed by atoms with van der Waals surface area (Å²) in [5.74, 6) is -1.18. The van der Waals surface area contributed by atoms with Gasteiger partial charge in [-0.05, 0) is 18.9 Å². The number of rotatable bonds is 5. The van der Waals surface area contributed by atoms with E-state index < -0.39 is 12.1 Å². The Morgan fingerprint density at radius 3 is 2.56 bits per heavy atom. The molecule has 1 saturated carbocycles. The van der Waals surface area contributed by atoms with E-state index >= 15 is 0 Å². The van der Waals surface area contributed by atoms with Gasteiger partial charge in [-0.1, -0.05) is 11.6 Å². The van der Waals surface area contributed by atoms with Crippen LogP contribution in [0.2, 0.25) is 5.02 Å².